The third-order valence-corrected chi connectivity index (χ3v) is 2.99. The van der Waals surface area contributed by atoms with Crippen LogP contribution >= 0.6 is 23.2 Å². The number of hydrogen-bond donors (Lipinski definition) is 1. The van der Waals surface area contributed by atoms with Gasteiger partial charge in [-0.2, -0.15) is 0 Å². The van der Waals surface area contributed by atoms with Gasteiger partial charge in [-0.15, -0.1) is 0 Å². The van der Waals surface area contributed by atoms with Gasteiger partial charge in [0, 0.05) is 29.1 Å². The number of aromatic nitrogens is 1. The van der Waals surface area contributed by atoms with E-state index in [1.807, 2.05) is 6.92 Å². The van der Waals surface area contributed by atoms with Crippen LogP contribution < -0.4 is 5.32 Å². The minimum atomic E-state index is -0.134. The monoisotopic (exact) mass is 268 g/mol. The Morgan fingerprint density at radius 1 is 1.35 bits per heavy atom. The molecule has 0 radical (unpaired) electrons. The van der Waals surface area contributed by atoms with Crippen molar-refractivity contribution in [3.8, 4) is 0 Å². The number of benzene rings is 1. The normalized spacial score (nSPS) is 10.5. The van der Waals surface area contributed by atoms with Crippen LogP contribution in [0.1, 0.15) is 17.3 Å². The van der Waals surface area contributed by atoms with Crippen molar-refractivity contribution in [3.05, 3.63) is 40.1 Å². The van der Waals surface area contributed by atoms with Crippen molar-refractivity contribution in [2.75, 3.05) is 6.54 Å². The minimum absolute atomic E-state index is 0.134. The molecule has 0 bridgehead atoms. The van der Waals surface area contributed by atoms with Crippen molar-refractivity contribution in [2.45, 2.75) is 6.92 Å². The summed E-state index contributed by atoms with van der Waals surface area (Å²) in [6, 6.07) is 5.19. The van der Waals surface area contributed by atoms with Gasteiger partial charge in [-0.1, -0.05) is 29.3 Å². The molecule has 0 aliphatic rings. The zero-order chi connectivity index (χ0) is 12.4. The SMILES string of the molecule is CCNC(=O)c1ccc2c(Cl)cnc(Cl)c2c1. The number of halogens is 2. The Kier molecular flexibility index (Phi) is 3.50. The fourth-order valence-electron chi connectivity index (χ4n) is 1.58. The maximum atomic E-state index is 11.7. The molecule has 5 heteroatoms. The van der Waals surface area contributed by atoms with Gasteiger partial charge in [-0.05, 0) is 19.1 Å². The van der Waals surface area contributed by atoms with E-state index in [2.05, 4.69) is 10.3 Å². The summed E-state index contributed by atoms with van der Waals surface area (Å²) in [5, 5.41) is 5.06. The molecule has 0 atom stereocenters. The van der Waals surface area contributed by atoms with Gasteiger partial charge in [0.25, 0.3) is 5.91 Å². The molecule has 0 spiro atoms. The van der Waals surface area contributed by atoms with Crippen molar-refractivity contribution in [1.82, 2.24) is 10.3 Å². The molecule has 2 rings (SSSR count). The number of fused-ring (bicyclic) bond motifs is 1. The third kappa shape index (κ3) is 2.35. The average Bonchev–Trinajstić information content (AvgIpc) is 2.34. The number of hydrogen-bond acceptors (Lipinski definition) is 2. The zero-order valence-electron chi connectivity index (χ0n) is 9.13. The first-order valence-electron chi connectivity index (χ1n) is 5.15. The molecular weight excluding hydrogens is 259 g/mol. The molecule has 1 amide bonds. The molecule has 17 heavy (non-hydrogen) atoms. The maximum absolute atomic E-state index is 11.7. The van der Waals surface area contributed by atoms with E-state index in [9.17, 15) is 4.79 Å². The molecule has 0 saturated heterocycles. The summed E-state index contributed by atoms with van der Waals surface area (Å²) in [5.41, 5.74) is 0.547. The molecule has 0 aliphatic heterocycles. The lowest BCUT2D eigenvalue weighted by Gasteiger charge is -2.06. The van der Waals surface area contributed by atoms with Crippen LogP contribution in [0.4, 0.5) is 0 Å². The highest BCUT2D eigenvalue weighted by atomic mass is 35.5. The number of carbonyl (C=O) groups excluding carboxylic acids is 1. The van der Waals surface area contributed by atoms with Crippen LogP contribution in [0.2, 0.25) is 10.2 Å². The molecule has 1 N–H and O–H groups in total. The molecule has 1 heterocycles. The van der Waals surface area contributed by atoms with Gasteiger partial charge in [-0.25, -0.2) is 4.98 Å². The Bertz CT molecular complexity index is 584. The smallest absolute Gasteiger partial charge is 0.251 e. The molecule has 3 nitrogen and oxygen atoms in total. The molecule has 2 aromatic rings. The van der Waals surface area contributed by atoms with Crippen molar-refractivity contribution >= 4 is 39.9 Å². The summed E-state index contributed by atoms with van der Waals surface area (Å²) in [6.45, 7) is 2.45. The maximum Gasteiger partial charge on any atom is 0.251 e. The highest BCUT2D eigenvalue weighted by Crippen LogP contribution is 2.28. The van der Waals surface area contributed by atoms with E-state index in [1.54, 1.807) is 18.2 Å². The molecule has 0 aliphatic carbocycles. The molecule has 88 valence electrons. The molecule has 1 aromatic heterocycles. The highest BCUT2D eigenvalue weighted by Gasteiger charge is 2.09. The minimum Gasteiger partial charge on any atom is -0.352 e. The fraction of sp³-hybridized carbons (Fsp3) is 0.167. The van der Waals surface area contributed by atoms with E-state index < -0.39 is 0 Å². The number of pyridine rings is 1. The van der Waals surface area contributed by atoms with Gasteiger partial charge in [0.2, 0.25) is 0 Å². The van der Waals surface area contributed by atoms with Crippen LogP contribution in [0.5, 0.6) is 0 Å². The summed E-state index contributed by atoms with van der Waals surface area (Å²) < 4.78 is 0. The van der Waals surface area contributed by atoms with E-state index >= 15 is 0 Å². The lowest BCUT2D eigenvalue weighted by molar-refractivity contribution is 0.0956. The van der Waals surface area contributed by atoms with Gasteiger partial charge < -0.3 is 5.32 Å². The Morgan fingerprint density at radius 3 is 2.82 bits per heavy atom. The second-order valence-electron chi connectivity index (χ2n) is 3.52. The first-order chi connectivity index (χ1) is 8.13. The van der Waals surface area contributed by atoms with E-state index in [4.69, 9.17) is 23.2 Å². The van der Waals surface area contributed by atoms with E-state index in [-0.39, 0.29) is 5.91 Å². The number of nitrogens with one attached hydrogen (secondary N) is 1. The van der Waals surface area contributed by atoms with Crippen LogP contribution in [0.15, 0.2) is 24.4 Å². The highest BCUT2D eigenvalue weighted by molar-refractivity contribution is 6.39. The number of rotatable bonds is 2. The van der Waals surface area contributed by atoms with Crippen molar-refractivity contribution in [1.29, 1.82) is 0 Å². The number of amides is 1. The number of nitrogens with zero attached hydrogens (tertiary/aromatic N) is 1. The van der Waals surface area contributed by atoms with Crippen LogP contribution in [0.3, 0.4) is 0 Å². The quantitative estimate of drug-likeness (QED) is 0.850. The van der Waals surface area contributed by atoms with E-state index in [1.165, 1.54) is 6.20 Å². The molecule has 0 fully saturated rings. The third-order valence-electron chi connectivity index (χ3n) is 2.39. The molecule has 1 aromatic carbocycles. The molecule has 0 saturated carbocycles. The predicted octanol–water partition coefficient (Wildman–Crippen LogP) is 3.29. The van der Waals surface area contributed by atoms with Crippen molar-refractivity contribution in [3.63, 3.8) is 0 Å². The summed E-state index contributed by atoms with van der Waals surface area (Å²) in [6.07, 6.45) is 1.50. The van der Waals surface area contributed by atoms with Crippen molar-refractivity contribution < 1.29 is 4.79 Å². The second-order valence-corrected chi connectivity index (χ2v) is 4.28. The Labute approximate surface area is 109 Å². The zero-order valence-corrected chi connectivity index (χ0v) is 10.6. The lowest BCUT2D eigenvalue weighted by Crippen LogP contribution is -2.22. The van der Waals surface area contributed by atoms with E-state index in [0.717, 1.165) is 5.39 Å². The topological polar surface area (TPSA) is 42.0 Å². The first-order valence-corrected chi connectivity index (χ1v) is 5.91. The van der Waals surface area contributed by atoms with E-state index in [0.29, 0.717) is 27.7 Å². The van der Waals surface area contributed by atoms with Crippen molar-refractivity contribution in [2.24, 2.45) is 0 Å². The Morgan fingerprint density at radius 2 is 2.12 bits per heavy atom. The Hall–Kier alpha value is -1.32. The van der Waals surface area contributed by atoms with Crippen LogP contribution in [-0.2, 0) is 0 Å². The van der Waals surface area contributed by atoms with Gasteiger partial charge in [-0.3, -0.25) is 4.79 Å². The van der Waals surface area contributed by atoms with Gasteiger partial charge >= 0.3 is 0 Å². The number of carbonyl (C=O) groups is 1. The Balaban J connectivity index is 2.57. The predicted molar refractivity (Wildman–Crippen MR) is 69.8 cm³/mol. The van der Waals surface area contributed by atoms with Crippen LogP contribution in [0, 0.1) is 0 Å². The van der Waals surface area contributed by atoms with Gasteiger partial charge in [0.15, 0.2) is 0 Å². The first kappa shape index (κ1) is 12.1. The average molecular weight is 269 g/mol. The summed E-state index contributed by atoms with van der Waals surface area (Å²) >= 11 is 12.0. The standard InChI is InChI=1S/C12H10Cl2N2O/c1-2-15-12(17)7-3-4-8-9(5-7)11(14)16-6-10(8)13/h3-6H,2H2,1H3,(H,15,17). The molecule has 0 unspecified atom stereocenters. The van der Waals surface area contributed by atoms with Crippen LogP contribution in [-0.4, -0.2) is 17.4 Å². The molecular formula is C12H10Cl2N2O. The summed E-state index contributed by atoms with van der Waals surface area (Å²) in [5.74, 6) is -0.134. The largest absolute Gasteiger partial charge is 0.352 e. The summed E-state index contributed by atoms with van der Waals surface area (Å²) in [7, 11) is 0. The van der Waals surface area contributed by atoms with Gasteiger partial charge in [0.05, 0.1) is 5.02 Å². The summed E-state index contributed by atoms with van der Waals surface area (Å²) in [4.78, 5) is 15.6. The van der Waals surface area contributed by atoms with Gasteiger partial charge in [0.1, 0.15) is 5.15 Å². The van der Waals surface area contributed by atoms with Crippen LogP contribution in [0.25, 0.3) is 10.8 Å². The fourth-order valence-corrected chi connectivity index (χ4v) is 2.00. The second kappa shape index (κ2) is 4.90. The lowest BCUT2D eigenvalue weighted by atomic mass is 10.1.